The zero-order valence-electron chi connectivity index (χ0n) is 18.4. The smallest absolute Gasteiger partial charge is 0.410 e. The molecular formula is C20H27N5O6S. The topological polar surface area (TPSA) is 144 Å². The van der Waals surface area contributed by atoms with Crippen LogP contribution in [0.5, 0.6) is 11.6 Å². The summed E-state index contributed by atoms with van der Waals surface area (Å²) in [4.78, 5) is 25.6. The normalized spacial score (nSPS) is 15.0. The Labute approximate surface area is 186 Å². The second kappa shape index (κ2) is 9.55. The first kappa shape index (κ1) is 23.5. The third-order valence-corrected chi connectivity index (χ3v) is 5.81. The van der Waals surface area contributed by atoms with Gasteiger partial charge < -0.3 is 24.8 Å². The Morgan fingerprint density at radius 3 is 2.53 bits per heavy atom. The van der Waals surface area contributed by atoms with Gasteiger partial charge in [-0.2, -0.15) is 4.98 Å². The molecule has 0 radical (unpaired) electrons. The number of likely N-dealkylation sites (tertiary alicyclic amines) is 1. The van der Waals surface area contributed by atoms with Crippen LogP contribution >= 0.6 is 0 Å². The van der Waals surface area contributed by atoms with Crippen molar-refractivity contribution >= 4 is 27.4 Å². The number of carbonyl (C=O) groups excluding carboxylic acids is 1. The van der Waals surface area contributed by atoms with Crippen molar-refractivity contribution in [1.82, 2.24) is 19.9 Å². The number of hydrogen-bond acceptors (Lipinski definition) is 10. The van der Waals surface area contributed by atoms with E-state index in [0.717, 1.165) is 6.26 Å². The maximum atomic E-state index is 12.0. The van der Waals surface area contributed by atoms with Gasteiger partial charge in [0.15, 0.2) is 20.7 Å². The Kier molecular flexibility index (Phi) is 7.02. The highest BCUT2D eigenvalue weighted by Crippen LogP contribution is 2.34. The van der Waals surface area contributed by atoms with E-state index in [0.29, 0.717) is 37.2 Å². The molecular weight excluding hydrogens is 438 g/mol. The van der Waals surface area contributed by atoms with E-state index in [9.17, 15) is 18.3 Å². The van der Waals surface area contributed by atoms with Crippen LogP contribution in [0.25, 0.3) is 0 Å². The molecule has 2 N–H and O–H groups in total. The van der Waals surface area contributed by atoms with Crippen LogP contribution in [0.15, 0.2) is 23.6 Å². The molecule has 174 valence electrons. The molecule has 2 aromatic rings. The molecule has 3 rings (SSSR count). The first-order chi connectivity index (χ1) is 15.0. The Morgan fingerprint density at radius 2 is 1.94 bits per heavy atom. The number of aromatic hydroxyl groups is 1. The van der Waals surface area contributed by atoms with E-state index >= 15 is 0 Å². The minimum atomic E-state index is -3.43. The van der Waals surface area contributed by atoms with Gasteiger partial charge in [-0.1, -0.05) is 0 Å². The minimum absolute atomic E-state index is 0.0177. The van der Waals surface area contributed by atoms with Crippen molar-refractivity contribution in [2.45, 2.75) is 50.8 Å². The van der Waals surface area contributed by atoms with Gasteiger partial charge in [0.2, 0.25) is 5.75 Å². The number of aromatic nitrogens is 3. The van der Waals surface area contributed by atoms with Crippen molar-refractivity contribution in [3.05, 3.63) is 24.2 Å². The number of sulfone groups is 1. The standard InChI is InChI=1S/C20H27N5O6S/c1-12(2)30-20(27)25-7-5-14(6-8-25)31-19-17(26)18(22-11-23-19)24-15-10-21-16(9-13(15)3)32(4,28)29/h9-12,14,26H,5-8H2,1-4H3,(H,22,23,24). The Bertz CT molecular complexity index is 1080. The second-order valence-electron chi connectivity index (χ2n) is 7.85. The Morgan fingerprint density at radius 1 is 1.25 bits per heavy atom. The molecule has 1 fully saturated rings. The fourth-order valence-electron chi connectivity index (χ4n) is 3.12. The van der Waals surface area contributed by atoms with E-state index in [2.05, 4.69) is 20.3 Å². The molecule has 11 nitrogen and oxygen atoms in total. The van der Waals surface area contributed by atoms with Crippen molar-refractivity contribution < 1.29 is 27.8 Å². The number of rotatable bonds is 6. The Hall–Kier alpha value is -3.15. The minimum Gasteiger partial charge on any atom is -0.501 e. The third kappa shape index (κ3) is 5.75. The highest BCUT2D eigenvalue weighted by Gasteiger charge is 2.27. The number of carbonyl (C=O) groups is 1. The lowest BCUT2D eigenvalue weighted by Gasteiger charge is -2.31. The van der Waals surface area contributed by atoms with Crippen molar-refractivity contribution in [3.8, 4) is 11.6 Å². The highest BCUT2D eigenvalue weighted by molar-refractivity contribution is 7.90. The molecule has 0 unspecified atom stereocenters. The second-order valence-corrected chi connectivity index (χ2v) is 9.81. The largest absolute Gasteiger partial charge is 0.501 e. The predicted octanol–water partition coefficient (Wildman–Crippen LogP) is 2.42. The SMILES string of the molecule is Cc1cc(S(C)(=O)=O)ncc1Nc1ncnc(OC2CCN(C(=O)OC(C)C)CC2)c1O. The van der Waals surface area contributed by atoms with E-state index in [1.165, 1.54) is 18.6 Å². The van der Waals surface area contributed by atoms with Crippen LogP contribution < -0.4 is 10.1 Å². The number of ether oxygens (including phenoxy) is 2. The zero-order chi connectivity index (χ0) is 23.5. The Balaban J connectivity index is 1.66. The quantitative estimate of drug-likeness (QED) is 0.652. The summed E-state index contributed by atoms with van der Waals surface area (Å²) < 4.78 is 34.4. The van der Waals surface area contributed by atoms with E-state index < -0.39 is 9.84 Å². The molecule has 0 aliphatic carbocycles. The van der Waals surface area contributed by atoms with Crippen LogP contribution in [-0.4, -0.2) is 71.0 Å². The van der Waals surface area contributed by atoms with Crippen molar-refractivity contribution in [3.63, 3.8) is 0 Å². The predicted molar refractivity (Wildman–Crippen MR) is 116 cm³/mol. The molecule has 3 heterocycles. The van der Waals surface area contributed by atoms with Crippen LogP contribution in [-0.2, 0) is 14.6 Å². The van der Waals surface area contributed by atoms with Crippen molar-refractivity contribution in [2.75, 3.05) is 24.7 Å². The van der Waals surface area contributed by atoms with E-state index in [4.69, 9.17) is 9.47 Å². The molecule has 0 atom stereocenters. The van der Waals surface area contributed by atoms with E-state index in [1.807, 2.05) is 0 Å². The maximum Gasteiger partial charge on any atom is 0.410 e. The fourth-order valence-corrected chi connectivity index (χ4v) is 3.76. The number of amides is 1. The number of piperidine rings is 1. The molecule has 12 heteroatoms. The summed E-state index contributed by atoms with van der Waals surface area (Å²) in [5, 5.41) is 13.5. The van der Waals surface area contributed by atoms with Crippen LogP contribution in [0.1, 0.15) is 32.3 Å². The number of pyridine rings is 1. The van der Waals surface area contributed by atoms with E-state index in [-0.39, 0.29) is 40.8 Å². The van der Waals surface area contributed by atoms with Gasteiger partial charge in [-0.25, -0.2) is 23.2 Å². The molecule has 1 aliphatic rings. The van der Waals surface area contributed by atoms with Gasteiger partial charge in [0.1, 0.15) is 12.4 Å². The van der Waals surface area contributed by atoms with E-state index in [1.54, 1.807) is 25.7 Å². The monoisotopic (exact) mass is 465 g/mol. The number of aryl methyl sites for hydroxylation is 1. The summed E-state index contributed by atoms with van der Waals surface area (Å²) in [6, 6.07) is 1.44. The van der Waals surface area contributed by atoms with Gasteiger partial charge in [0.05, 0.1) is 18.0 Å². The lowest BCUT2D eigenvalue weighted by Crippen LogP contribution is -2.42. The molecule has 0 spiro atoms. The van der Waals surface area contributed by atoms with Gasteiger partial charge in [-0.05, 0) is 32.4 Å². The van der Waals surface area contributed by atoms with Crippen LogP contribution in [0, 0.1) is 6.92 Å². The number of nitrogens with zero attached hydrogens (tertiary/aromatic N) is 4. The van der Waals surface area contributed by atoms with Crippen molar-refractivity contribution in [1.29, 1.82) is 0 Å². The molecule has 2 aromatic heterocycles. The highest BCUT2D eigenvalue weighted by atomic mass is 32.2. The first-order valence-corrected chi connectivity index (χ1v) is 12.0. The summed E-state index contributed by atoms with van der Waals surface area (Å²) in [5.41, 5.74) is 1.09. The summed E-state index contributed by atoms with van der Waals surface area (Å²) in [6.07, 6.45) is 4.07. The molecule has 32 heavy (non-hydrogen) atoms. The van der Waals surface area contributed by atoms with Gasteiger partial charge in [-0.15, -0.1) is 0 Å². The van der Waals surface area contributed by atoms with Gasteiger partial charge in [0.25, 0.3) is 5.88 Å². The third-order valence-electron chi connectivity index (χ3n) is 4.82. The molecule has 0 saturated carbocycles. The van der Waals surface area contributed by atoms with Gasteiger partial charge in [-0.3, -0.25) is 0 Å². The summed E-state index contributed by atoms with van der Waals surface area (Å²) >= 11 is 0. The summed E-state index contributed by atoms with van der Waals surface area (Å²) in [7, 11) is -3.43. The van der Waals surface area contributed by atoms with Crippen molar-refractivity contribution in [2.24, 2.45) is 0 Å². The average molecular weight is 466 g/mol. The fraction of sp³-hybridized carbons (Fsp3) is 0.500. The first-order valence-electron chi connectivity index (χ1n) is 10.1. The lowest BCUT2D eigenvalue weighted by atomic mass is 10.1. The molecule has 0 aromatic carbocycles. The number of anilines is 2. The van der Waals surface area contributed by atoms with Gasteiger partial charge in [0, 0.05) is 32.2 Å². The average Bonchev–Trinajstić information content (AvgIpc) is 2.71. The molecule has 1 aliphatic heterocycles. The number of nitrogens with one attached hydrogen (secondary N) is 1. The molecule has 0 bridgehead atoms. The maximum absolute atomic E-state index is 12.0. The lowest BCUT2D eigenvalue weighted by molar-refractivity contribution is 0.0500. The van der Waals surface area contributed by atoms with Gasteiger partial charge >= 0.3 is 6.09 Å². The summed E-state index contributed by atoms with van der Waals surface area (Å²) in [5.74, 6) is -0.158. The number of hydrogen-bond donors (Lipinski definition) is 2. The van der Waals surface area contributed by atoms with Crippen LogP contribution in [0.4, 0.5) is 16.3 Å². The zero-order valence-corrected chi connectivity index (χ0v) is 19.2. The molecule has 1 saturated heterocycles. The molecule has 1 amide bonds. The summed E-state index contributed by atoms with van der Waals surface area (Å²) in [6.45, 7) is 6.27. The van der Waals surface area contributed by atoms with Crippen LogP contribution in [0.3, 0.4) is 0 Å². The van der Waals surface area contributed by atoms with Crippen LogP contribution in [0.2, 0.25) is 0 Å².